The molecular weight excluding hydrogens is 270 g/mol. The number of nitrogens with one attached hydrogen (secondary N) is 1. The summed E-state index contributed by atoms with van der Waals surface area (Å²) in [6, 6.07) is 0. The number of nitrogens with zero attached hydrogens (tertiary/aromatic N) is 2. The summed E-state index contributed by atoms with van der Waals surface area (Å²) in [6.45, 7) is 1.60. The molecule has 0 fully saturated rings. The minimum absolute atomic E-state index is 0.142. The van der Waals surface area contributed by atoms with Gasteiger partial charge < -0.3 is 15.5 Å². The molecule has 0 unspecified atom stereocenters. The highest BCUT2D eigenvalue weighted by Crippen LogP contribution is 2.24. The van der Waals surface area contributed by atoms with E-state index in [9.17, 15) is 0 Å². The fourth-order valence-electron chi connectivity index (χ4n) is 0.924. The van der Waals surface area contributed by atoms with Gasteiger partial charge in [-0.3, -0.25) is 0 Å². The molecule has 0 aromatic carbocycles. The van der Waals surface area contributed by atoms with E-state index in [0.29, 0.717) is 15.5 Å². The second-order valence-electron chi connectivity index (χ2n) is 2.94. The SMILES string of the molecule is CCC(CO)(CO)Nc1nnc(Br)s1. The Bertz CT molecular complexity index is 282. The molecular formula is C7H12BrN3O2S. The van der Waals surface area contributed by atoms with Crippen LogP contribution in [0.2, 0.25) is 0 Å². The van der Waals surface area contributed by atoms with Gasteiger partial charge in [0, 0.05) is 0 Å². The van der Waals surface area contributed by atoms with E-state index in [1.165, 1.54) is 11.3 Å². The summed E-state index contributed by atoms with van der Waals surface area (Å²) in [6.07, 6.45) is 0.608. The molecule has 1 rings (SSSR count). The molecule has 0 radical (unpaired) electrons. The maximum Gasteiger partial charge on any atom is 0.207 e. The van der Waals surface area contributed by atoms with Gasteiger partial charge in [0.25, 0.3) is 0 Å². The van der Waals surface area contributed by atoms with Crippen LogP contribution in [-0.2, 0) is 0 Å². The van der Waals surface area contributed by atoms with E-state index in [4.69, 9.17) is 10.2 Å². The highest BCUT2D eigenvalue weighted by atomic mass is 79.9. The molecule has 5 nitrogen and oxygen atoms in total. The molecule has 1 aromatic rings. The van der Waals surface area contributed by atoms with Gasteiger partial charge in [0.2, 0.25) is 5.13 Å². The number of aromatic nitrogens is 2. The quantitative estimate of drug-likeness (QED) is 0.746. The predicted molar refractivity (Wildman–Crippen MR) is 58.4 cm³/mol. The van der Waals surface area contributed by atoms with E-state index in [1.807, 2.05) is 6.92 Å². The normalized spacial score (nSPS) is 11.7. The van der Waals surface area contributed by atoms with E-state index < -0.39 is 5.54 Å². The van der Waals surface area contributed by atoms with Crippen LogP contribution in [0.15, 0.2) is 3.92 Å². The summed E-state index contributed by atoms with van der Waals surface area (Å²) in [5.74, 6) is 0. The average Bonchev–Trinajstić information content (AvgIpc) is 2.61. The van der Waals surface area contributed by atoms with Crippen molar-refractivity contribution in [2.24, 2.45) is 0 Å². The highest BCUT2D eigenvalue weighted by Gasteiger charge is 2.27. The molecule has 0 saturated heterocycles. The van der Waals surface area contributed by atoms with E-state index in [0.717, 1.165) is 0 Å². The van der Waals surface area contributed by atoms with Crippen molar-refractivity contribution in [3.8, 4) is 0 Å². The number of hydrogen-bond donors (Lipinski definition) is 3. The van der Waals surface area contributed by atoms with Crippen LogP contribution in [0, 0.1) is 0 Å². The maximum atomic E-state index is 9.17. The Morgan fingerprint density at radius 3 is 2.43 bits per heavy atom. The Hall–Kier alpha value is -0.240. The largest absolute Gasteiger partial charge is 0.394 e. The van der Waals surface area contributed by atoms with Gasteiger partial charge in [-0.25, -0.2) is 0 Å². The Kier molecular flexibility index (Phi) is 4.24. The molecule has 0 aliphatic heterocycles. The maximum absolute atomic E-state index is 9.17. The molecule has 7 heteroatoms. The Labute approximate surface area is 94.3 Å². The van der Waals surface area contributed by atoms with Crippen molar-refractivity contribution >= 4 is 32.4 Å². The number of aliphatic hydroxyl groups excluding tert-OH is 2. The lowest BCUT2D eigenvalue weighted by Crippen LogP contribution is -2.45. The Morgan fingerprint density at radius 2 is 2.07 bits per heavy atom. The predicted octanol–water partition coefficient (Wildman–Crippen LogP) is 0.846. The zero-order chi connectivity index (χ0) is 10.6. The van der Waals surface area contributed by atoms with Crippen LogP contribution in [0.25, 0.3) is 0 Å². The summed E-state index contributed by atoms with van der Waals surface area (Å²) in [5, 5.41) is 29.5. The molecule has 80 valence electrons. The van der Waals surface area contributed by atoms with Crippen LogP contribution in [-0.4, -0.2) is 39.2 Å². The highest BCUT2D eigenvalue weighted by molar-refractivity contribution is 9.11. The third-order valence-electron chi connectivity index (χ3n) is 2.05. The topological polar surface area (TPSA) is 78.3 Å². The van der Waals surface area contributed by atoms with Crippen LogP contribution < -0.4 is 5.32 Å². The van der Waals surface area contributed by atoms with Gasteiger partial charge in [-0.15, -0.1) is 10.2 Å². The Balaban J connectivity index is 2.73. The van der Waals surface area contributed by atoms with Crippen LogP contribution >= 0.6 is 27.3 Å². The summed E-state index contributed by atoms with van der Waals surface area (Å²) >= 11 is 4.51. The number of halogens is 1. The van der Waals surface area contributed by atoms with Gasteiger partial charge in [0.05, 0.1) is 18.8 Å². The molecule has 0 bridgehead atoms. The van der Waals surface area contributed by atoms with Crippen LogP contribution in [0.4, 0.5) is 5.13 Å². The summed E-state index contributed by atoms with van der Waals surface area (Å²) in [7, 11) is 0. The monoisotopic (exact) mass is 281 g/mol. The molecule has 0 spiro atoms. The van der Waals surface area contributed by atoms with E-state index in [-0.39, 0.29) is 13.2 Å². The molecule has 0 saturated carbocycles. The third kappa shape index (κ3) is 2.63. The van der Waals surface area contributed by atoms with E-state index in [2.05, 4.69) is 31.4 Å². The lowest BCUT2D eigenvalue weighted by atomic mass is 9.99. The first-order chi connectivity index (χ1) is 6.65. The minimum atomic E-state index is -0.709. The van der Waals surface area contributed by atoms with E-state index in [1.54, 1.807) is 0 Å². The van der Waals surface area contributed by atoms with Crippen LogP contribution in [0.3, 0.4) is 0 Å². The van der Waals surface area contributed by atoms with Crippen molar-refractivity contribution in [1.82, 2.24) is 10.2 Å². The first-order valence-corrected chi connectivity index (χ1v) is 5.75. The van der Waals surface area contributed by atoms with Gasteiger partial charge in [0.1, 0.15) is 0 Å². The molecule has 0 aliphatic carbocycles. The van der Waals surface area contributed by atoms with E-state index >= 15 is 0 Å². The van der Waals surface area contributed by atoms with Crippen molar-refractivity contribution in [2.75, 3.05) is 18.5 Å². The zero-order valence-electron chi connectivity index (χ0n) is 7.70. The first kappa shape index (κ1) is 11.8. The zero-order valence-corrected chi connectivity index (χ0v) is 10.1. The molecule has 0 amide bonds. The Morgan fingerprint density at radius 1 is 1.43 bits per heavy atom. The second kappa shape index (κ2) is 5.01. The molecule has 1 aromatic heterocycles. The fraction of sp³-hybridized carbons (Fsp3) is 0.714. The van der Waals surface area contributed by atoms with Gasteiger partial charge in [-0.2, -0.15) is 0 Å². The van der Waals surface area contributed by atoms with Crippen molar-refractivity contribution in [3.05, 3.63) is 3.92 Å². The van der Waals surface area contributed by atoms with Gasteiger partial charge in [-0.05, 0) is 22.4 Å². The molecule has 3 N–H and O–H groups in total. The third-order valence-corrected chi connectivity index (χ3v) is 3.33. The lowest BCUT2D eigenvalue weighted by Gasteiger charge is -2.28. The number of aliphatic hydroxyl groups is 2. The van der Waals surface area contributed by atoms with Gasteiger partial charge in [0.15, 0.2) is 3.92 Å². The smallest absolute Gasteiger partial charge is 0.207 e. The number of hydrogen-bond acceptors (Lipinski definition) is 6. The van der Waals surface area contributed by atoms with Crippen LogP contribution in [0.1, 0.15) is 13.3 Å². The lowest BCUT2D eigenvalue weighted by molar-refractivity contribution is 0.132. The second-order valence-corrected chi connectivity index (χ2v) is 5.19. The summed E-state index contributed by atoms with van der Waals surface area (Å²) < 4.78 is 0.667. The summed E-state index contributed by atoms with van der Waals surface area (Å²) in [5.41, 5.74) is -0.709. The molecule has 1 heterocycles. The van der Waals surface area contributed by atoms with Gasteiger partial charge >= 0.3 is 0 Å². The number of anilines is 1. The standard InChI is InChI=1S/C7H12BrN3O2S/c1-2-7(3-12,4-13)9-6-11-10-5(8)14-6/h12-13H,2-4H2,1H3,(H,9,11). The van der Waals surface area contributed by atoms with Crippen molar-refractivity contribution < 1.29 is 10.2 Å². The molecule has 14 heavy (non-hydrogen) atoms. The first-order valence-electron chi connectivity index (χ1n) is 4.14. The van der Waals surface area contributed by atoms with Crippen molar-refractivity contribution in [2.45, 2.75) is 18.9 Å². The number of rotatable bonds is 5. The van der Waals surface area contributed by atoms with Crippen molar-refractivity contribution in [3.63, 3.8) is 0 Å². The minimum Gasteiger partial charge on any atom is -0.394 e. The fourth-order valence-corrected chi connectivity index (χ4v) is 2.05. The van der Waals surface area contributed by atoms with Crippen molar-refractivity contribution in [1.29, 1.82) is 0 Å². The molecule has 0 aliphatic rings. The average molecular weight is 282 g/mol. The molecule has 0 atom stereocenters. The summed E-state index contributed by atoms with van der Waals surface area (Å²) in [4.78, 5) is 0. The van der Waals surface area contributed by atoms with Crippen LogP contribution in [0.5, 0.6) is 0 Å². The van der Waals surface area contributed by atoms with Gasteiger partial charge in [-0.1, -0.05) is 18.3 Å².